The second-order valence-corrected chi connectivity index (χ2v) is 29.5. The topological polar surface area (TPSA) is 300 Å². The zero-order chi connectivity index (χ0) is 81.2. The Hall–Kier alpha value is -10.0. The monoisotopic (exact) mass is 1680 g/mol. The number of carboxylic acids is 1. The number of thiophene rings is 6. The molecule has 588 valence electrons. The molecule has 0 bridgehead atoms. The van der Waals surface area contributed by atoms with Crippen molar-refractivity contribution in [3.05, 3.63) is 315 Å². The van der Waals surface area contributed by atoms with E-state index >= 15 is 0 Å². The standard InChI is InChI=1S/C19H21NO5S.C14H15NO2S.C14H13NO2S.C12H10ClNOS.C12H11NO2S.C9H11NO2.C5H4OS.Na/c1-3-24-18(22)16(19(23)25-4-2)17(21)14(12-13-8-7-11-26-13)15-9-5-6-10-20-15;2*1-2-17-14(16)12(10-11-6-5-9-18-11)13-7-3-4-8-15-13;13-12(15)10(8-9-4-3-7-16-9)11-5-1-2-6-14-11;14-12(15)10(8-9-4-3-7-16-9)11-5-1-2-6-13-11;1-2-12-9(11)7-8-5-3-4-6-10-8;6-4-5-2-1-3-7-5;/h5-11,14,16H,3-4,12H2,1-2H3;3-9,12H,2,10H2,1H3;3-10H,2H2,1H3;1-7,10H,8H2;1-7,10H,8H2,(H,14,15);3-6H,2,7H2,1H3;1-4H;/q;;;;;;;+1/p-1. The summed E-state index contributed by atoms with van der Waals surface area (Å²) in [4.78, 5) is 136. The van der Waals surface area contributed by atoms with E-state index in [2.05, 4.69) is 29.9 Å². The first-order valence-corrected chi connectivity index (χ1v) is 41.2. The van der Waals surface area contributed by atoms with E-state index in [0.29, 0.717) is 68.2 Å². The van der Waals surface area contributed by atoms with Crippen molar-refractivity contribution >= 4 is 144 Å². The summed E-state index contributed by atoms with van der Waals surface area (Å²) in [6, 6.07) is 55.7. The van der Waals surface area contributed by atoms with Gasteiger partial charge in [-0.3, -0.25) is 63.5 Å². The van der Waals surface area contributed by atoms with E-state index in [1.165, 1.54) is 27.6 Å². The van der Waals surface area contributed by atoms with Crippen molar-refractivity contribution < 1.29 is 101 Å². The molecule has 4 atom stereocenters. The summed E-state index contributed by atoms with van der Waals surface area (Å²) in [5, 5.41) is 22.4. The van der Waals surface area contributed by atoms with Crippen LogP contribution < -0.4 is 34.7 Å². The molecule has 0 aliphatic carbocycles. The minimum absolute atomic E-state index is 0. The first kappa shape index (κ1) is 94.6. The number of hydrogen-bond acceptors (Lipinski definition) is 27. The smallest absolute Gasteiger partial charge is 0.549 e. The molecule has 12 aromatic heterocycles. The van der Waals surface area contributed by atoms with E-state index in [1.54, 1.807) is 165 Å². The van der Waals surface area contributed by atoms with Gasteiger partial charge < -0.3 is 33.6 Å². The second kappa shape index (κ2) is 55.4. The normalized spacial score (nSPS) is 11.3. The molecule has 12 rings (SSSR count). The fourth-order valence-electron chi connectivity index (χ4n) is 10.0. The van der Waals surface area contributed by atoms with Gasteiger partial charge in [0.15, 0.2) is 12.1 Å². The summed E-state index contributed by atoms with van der Waals surface area (Å²) in [5.74, 6) is -7.86. The molecule has 0 saturated heterocycles. The predicted octanol–water partition coefficient (Wildman–Crippen LogP) is 13.3. The number of aromatic nitrogens is 6. The van der Waals surface area contributed by atoms with Gasteiger partial charge in [0.25, 0.3) is 0 Å². The molecule has 0 aromatic carbocycles. The Morgan fingerprint density at radius 1 is 0.395 bits per heavy atom. The van der Waals surface area contributed by atoms with Crippen molar-refractivity contribution in [2.24, 2.45) is 5.92 Å². The number of carbonyl (C=O) groups is 9. The maximum atomic E-state index is 13.2. The van der Waals surface area contributed by atoms with E-state index in [0.717, 1.165) is 47.8 Å². The van der Waals surface area contributed by atoms with Gasteiger partial charge >= 0.3 is 59.4 Å². The molecule has 29 heteroatoms. The summed E-state index contributed by atoms with van der Waals surface area (Å²) in [5.41, 5.74) is 4.42. The number of carbonyl (C=O) groups excluding carboxylic acids is 9. The molecule has 0 aliphatic heterocycles. The van der Waals surface area contributed by atoms with E-state index in [-0.39, 0.29) is 84.2 Å². The number of aldehydes is 1. The zero-order valence-electron chi connectivity index (χ0n) is 63.5. The molecular weight excluding hydrogens is 1600 g/mol. The fourth-order valence-corrected chi connectivity index (χ4v) is 14.4. The molecule has 21 nitrogen and oxygen atoms in total. The van der Waals surface area contributed by atoms with Crippen molar-refractivity contribution in [3.63, 3.8) is 0 Å². The molecule has 0 amide bonds. The SMILES string of the molecule is CCOC(=O)C(=Cc1cccs1)c1ccccn1.CCOC(=O)C(C(=O)OCC)C(=O)C(Cc1cccs1)c1ccccn1.CCOC(=O)C(Cc1cccs1)c1ccccn1.CCOC(=O)Cc1ccccn1.O=C(Cl)C(Cc1cccs1)c1ccccn1.O=C([O-])C(Cc1cccs1)c1ccccn1.O=Cc1cccs1.[Na+]. The summed E-state index contributed by atoms with van der Waals surface area (Å²) in [6.07, 6.45) is 14.9. The third kappa shape index (κ3) is 34.7. The van der Waals surface area contributed by atoms with Gasteiger partial charge in [0, 0.05) is 79.6 Å². The van der Waals surface area contributed by atoms with Gasteiger partial charge in [-0.05, 0) is 213 Å². The number of carboxylic acid groups (broad SMARTS) is 1. The minimum atomic E-state index is -1.61. The number of rotatable bonds is 30. The third-order valence-corrected chi connectivity index (χ3v) is 20.7. The number of esters is 5. The van der Waals surface area contributed by atoms with Crippen molar-refractivity contribution in [2.75, 3.05) is 33.0 Å². The summed E-state index contributed by atoms with van der Waals surface area (Å²) >= 11 is 15.0. The molecule has 0 saturated carbocycles. The van der Waals surface area contributed by atoms with Crippen LogP contribution in [0.1, 0.15) is 127 Å². The number of Topliss-reactive ketones (excluding diaryl/α,β-unsaturated/α-hetero) is 1. The van der Waals surface area contributed by atoms with Gasteiger partial charge in [-0.15, -0.1) is 68.0 Å². The second-order valence-electron chi connectivity index (χ2n) is 23.0. The van der Waals surface area contributed by atoms with Crippen LogP contribution in [0.4, 0.5) is 0 Å². The van der Waals surface area contributed by atoms with Gasteiger partial charge in [-0.25, -0.2) is 4.79 Å². The molecular formula is C85H84ClN6NaO15S6. The van der Waals surface area contributed by atoms with Crippen molar-refractivity contribution in [1.29, 1.82) is 0 Å². The van der Waals surface area contributed by atoms with Crippen LogP contribution in [0.2, 0.25) is 0 Å². The summed E-state index contributed by atoms with van der Waals surface area (Å²) in [7, 11) is 0. The van der Waals surface area contributed by atoms with E-state index in [9.17, 15) is 48.3 Å². The minimum Gasteiger partial charge on any atom is -0.549 e. The maximum Gasteiger partial charge on any atom is 1.00 e. The summed E-state index contributed by atoms with van der Waals surface area (Å²) in [6.45, 7) is 9.95. The van der Waals surface area contributed by atoms with Gasteiger partial charge in [0.05, 0.1) is 96.2 Å². The molecule has 0 radical (unpaired) electrons. The molecule has 0 aliphatic rings. The number of ketones is 1. The zero-order valence-corrected chi connectivity index (χ0v) is 71.2. The maximum absolute atomic E-state index is 13.2. The Balaban J connectivity index is 0.000000242. The number of aliphatic carboxylic acids is 1. The van der Waals surface area contributed by atoms with Crippen LogP contribution in [0, 0.1) is 5.92 Å². The van der Waals surface area contributed by atoms with Crippen LogP contribution in [0.5, 0.6) is 0 Å². The Labute approximate surface area is 713 Å². The van der Waals surface area contributed by atoms with Crippen molar-refractivity contribution in [3.8, 4) is 0 Å². The number of nitrogens with zero attached hydrogens (tertiary/aromatic N) is 6. The van der Waals surface area contributed by atoms with Crippen LogP contribution in [-0.2, 0) is 94.1 Å². The molecule has 0 N–H and O–H groups in total. The first-order chi connectivity index (χ1) is 55.0. The van der Waals surface area contributed by atoms with Crippen LogP contribution in [0.25, 0.3) is 11.6 Å². The largest absolute Gasteiger partial charge is 1.00 e. The Morgan fingerprint density at radius 3 is 1.12 bits per heavy atom. The molecule has 4 unspecified atom stereocenters. The van der Waals surface area contributed by atoms with Gasteiger partial charge in [-0.2, -0.15) is 0 Å². The van der Waals surface area contributed by atoms with E-state index < -0.39 is 41.4 Å². The molecule has 12 aromatic rings. The number of pyridine rings is 6. The quantitative estimate of drug-likeness (QED) is 0.00768. The fraction of sp³-hybridized carbons (Fsp3) is 0.235. The van der Waals surface area contributed by atoms with Gasteiger partial charge in [-0.1, -0.05) is 72.8 Å². The molecule has 0 spiro atoms. The van der Waals surface area contributed by atoms with E-state index in [4.69, 9.17) is 35.3 Å². The van der Waals surface area contributed by atoms with Crippen LogP contribution >= 0.6 is 79.6 Å². The van der Waals surface area contributed by atoms with E-state index in [1.807, 2.05) is 173 Å². The Kier molecular flexibility index (Phi) is 46.0. The van der Waals surface area contributed by atoms with Gasteiger partial charge in [0.2, 0.25) is 11.2 Å². The average molecular weight is 1680 g/mol. The van der Waals surface area contributed by atoms with Crippen LogP contribution in [-0.4, -0.2) is 116 Å². The van der Waals surface area contributed by atoms with Crippen LogP contribution in [0.15, 0.2) is 251 Å². The number of hydrogen-bond donors (Lipinski definition) is 0. The van der Waals surface area contributed by atoms with Gasteiger partial charge in [0.1, 0.15) is 5.92 Å². The Bertz CT molecular complexity index is 4570. The van der Waals surface area contributed by atoms with Crippen LogP contribution in [0.3, 0.4) is 0 Å². The summed E-state index contributed by atoms with van der Waals surface area (Å²) < 4.78 is 24.8. The average Bonchev–Trinajstić information content (AvgIpc) is 1.03. The molecule has 0 fully saturated rings. The first-order valence-electron chi connectivity index (χ1n) is 35.6. The number of halogens is 1. The van der Waals surface area contributed by atoms with Crippen molar-refractivity contribution in [1.82, 2.24) is 29.9 Å². The third-order valence-electron chi connectivity index (χ3n) is 15.2. The number of ether oxygens (including phenoxy) is 5. The van der Waals surface area contributed by atoms with Crippen molar-refractivity contribution in [2.45, 2.75) is 90.4 Å². The predicted molar refractivity (Wildman–Crippen MR) is 442 cm³/mol. The Morgan fingerprint density at radius 2 is 0.763 bits per heavy atom. The molecule has 114 heavy (non-hydrogen) atoms. The molecule has 12 heterocycles.